The van der Waals surface area contributed by atoms with Crippen molar-refractivity contribution in [2.24, 2.45) is 0 Å². The number of fused-ring (bicyclic) bond motifs is 6. The van der Waals surface area contributed by atoms with Crippen LogP contribution in [0.15, 0.2) is 95.7 Å². The van der Waals surface area contributed by atoms with Crippen molar-refractivity contribution in [2.45, 2.75) is 78.1 Å². The largest absolute Gasteiger partial charge is 0.143 e. The number of benzene rings is 6. The third-order valence-electron chi connectivity index (χ3n) is 10.5. The highest BCUT2D eigenvalue weighted by molar-refractivity contribution is 7.19. The van der Waals surface area contributed by atoms with Gasteiger partial charge in [0.25, 0.3) is 0 Å². The summed E-state index contributed by atoms with van der Waals surface area (Å²) in [7, 11) is 0. The fourth-order valence-corrected chi connectivity index (χ4v) is 10.6. The van der Waals surface area contributed by atoms with Crippen molar-refractivity contribution in [3.63, 3.8) is 0 Å². The molecule has 6 aromatic carbocycles. The van der Waals surface area contributed by atoms with Crippen LogP contribution in [0.2, 0.25) is 0 Å². The molecule has 0 spiro atoms. The van der Waals surface area contributed by atoms with Crippen LogP contribution in [0.4, 0.5) is 0 Å². The van der Waals surface area contributed by atoms with Gasteiger partial charge in [-0.05, 0) is 160 Å². The van der Waals surface area contributed by atoms with Crippen molar-refractivity contribution in [1.29, 1.82) is 0 Å². The molecule has 2 heteroatoms. The van der Waals surface area contributed by atoms with Gasteiger partial charge in [0.1, 0.15) is 0 Å². The molecule has 8 aromatic rings. The zero-order valence-corrected chi connectivity index (χ0v) is 29.4. The second-order valence-electron chi connectivity index (χ2n) is 14.2. The van der Waals surface area contributed by atoms with Crippen molar-refractivity contribution >= 4 is 85.9 Å². The molecule has 0 fully saturated rings. The number of rotatable bonds is 7. The Kier molecular flexibility index (Phi) is 7.42. The molecule has 2 unspecified atom stereocenters. The van der Waals surface area contributed by atoms with Crippen LogP contribution in [0.5, 0.6) is 0 Å². The molecule has 0 nitrogen and oxygen atoms in total. The van der Waals surface area contributed by atoms with Crippen molar-refractivity contribution in [3.8, 4) is 0 Å². The molecule has 0 aliphatic heterocycles. The summed E-state index contributed by atoms with van der Waals surface area (Å²) in [6.45, 7) is 14.4. The van der Waals surface area contributed by atoms with E-state index in [9.17, 15) is 0 Å². The lowest BCUT2D eigenvalue weighted by molar-refractivity contribution is 0.582. The topological polar surface area (TPSA) is 0 Å². The third kappa shape index (κ3) is 4.68. The maximum atomic E-state index is 2.50. The summed E-state index contributed by atoms with van der Waals surface area (Å²) < 4.78 is 3.00. The zero-order chi connectivity index (χ0) is 31.7. The summed E-state index contributed by atoms with van der Waals surface area (Å²) in [5, 5.41) is 18.6. The van der Waals surface area contributed by atoms with Gasteiger partial charge < -0.3 is 0 Å². The number of hydrogen-bond acceptors (Lipinski definition) is 2. The first-order valence-electron chi connectivity index (χ1n) is 17.0. The zero-order valence-electron chi connectivity index (χ0n) is 27.8. The molecular weight excluding hydrogens is 593 g/mol. The van der Waals surface area contributed by atoms with Crippen LogP contribution in [0.25, 0.3) is 63.3 Å². The minimum atomic E-state index is 0.419. The smallest absolute Gasteiger partial charge is 0.0387 e. The first-order valence-corrected chi connectivity index (χ1v) is 18.8. The van der Waals surface area contributed by atoms with Gasteiger partial charge in [0.2, 0.25) is 0 Å². The minimum absolute atomic E-state index is 0.419. The van der Waals surface area contributed by atoms with Crippen molar-refractivity contribution in [1.82, 2.24) is 0 Å². The van der Waals surface area contributed by atoms with E-state index in [0.717, 1.165) is 12.8 Å². The van der Waals surface area contributed by atoms with E-state index in [4.69, 9.17) is 0 Å². The van der Waals surface area contributed by atoms with Crippen LogP contribution < -0.4 is 0 Å². The van der Waals surface area contributed by atoms with Crippen molar-refractivity contribution in [2.75, 3.05) is 0 Å². The van der Waals surface area contributed by atoms with Gasteiger partial charge in [0.05, 0.1) is 0 Å². The van der Waals surface area contributed by atoms with E-state index in [1.54, 1.807) is 5.56 Å². The molecule has 2 heterocycles. The van der Waals surface area contributed by atoms with Crippen molar-refractivity contribution < 1.29 is 0 Å². The van der Waals surface area contributed by atoms with Gasteiger partial charge in [-0.25, -0.2) is 0 Å². The van der Waals surface area contributed by atoms with E-state index in [2.05, 4.69) is 137 Å². The van der Waals surface area contributed by atoms with Gasteiger partial charge in [-0.3, -0.25) is 0 Å². The molecule has 0 saturated carbocycles. The van der Waals surface area contributed by atoms with Crippen LogP contribution >= 0.6 is 22.7 Å². The molecule has 0 amide bonds. The quantitative estimate of drug-likeness (QED) is 0.153. The molecule has 0 saturated heterocycles. The van der Waals surface area contributed by atoms with Gasteiger partial charge in [0, 0.05) is 9.40 Å². The Bertz CT molecular complexity index is 2270. The molecule has 0 N–H and O–H groups in total. The van der Waals surface area contributed by atoms with Crippen LogP contribution in [-0.4, -0.2) is 0 Å². The van der Waals surface area contributed by atoms with E-state index < -0.39 is 0 Å². The first kappa shape index (κ1) is 29.7. The maximum Gasteiger partial charge on any atom is 0.0387 e. The Morgan fingerprint density at radius 3 is 1.22 bits per heavy atom. The Hall–Kier alpha value is -3.72. The molecule has 2 aromatic heterocycles. The molecule has 2 atom stereocenters. The molecular formula is C44H42S2. The average molecular weight is 635 g/mol. The lowest BCUT2D eigenvalue weighted by Gasteiger charge is -2.25. The molecule has 0 radical (unpaired) electrons. The fourth-order valence-electron chi connectivity index (χ4n) is 8.37. The van der Waals surface area contributed by atoms with Crippen LogP contribution in [0, 0.1) is 0 Å². The highest BCUT2D eigenvalue weighted by Gasteiger charge is 2.24. The lowest BCUT2D eigenvalue weighted by Crippen LogP contribution is -2.04. The minimum Gasteiger partial charge on any atom is -0.143 e. The summed E-state index contributed by atoms with van der Waals surface area (Å²) in [5.41, 5.74) is 6.11. The van der Waals surface area contributed by atoms with Crippen LogP contribution in [-0.2, 0) is 0 Å². The molecule has 8 rings (SSSR count). The van der Waals surface area contributed by atoms with Gasteiger partial charge in [-0.15, -0.1) is 22.7 Å². The Morgan fingerprint density at radius 1 is 0.413 bits per heavy atom. The predicted molar refractivity (Wildman–Crippen MR) is 208 cm³/mol. The predicted octanol–water partition coefficient (Wildman–Crippen LogP) is 14.7. The number of thiophene rings is 2. The summed E-state index contributed by atoms with van der Waals surface area (Å²) in [6.07, 6.45) is 2.31. The van der Waals surface area contributed by atoms with Crippen LogP contribution in [0.1, 0.15) is 100 Å². The first-order chi connectivity index (χ1) is 22.3. The Labute approximate surface area is 280 Å². The van der Waals surface area contributed by atoms with E-state index in [0.29, 0.717) is 23.7 Å². The summed E-state index contributed by atoms with van der Waals surface area (Å²) in [5.74, 6) is 1.84. The van der Waals surface area contributed by atoms with Crippen molar-refractivity contribution in [3.05, 3.63) is 118 Å². The Morgan fingerprint density at radius 2 is 0.783 bits per heavy atom. The summed E-state index contributed by atoms with van der Waals surface area (Å²) >= 11 is 3.86. The highest BCUT2D eigenvalue weighted by atomic mass is 32.1. The van der Waals surface area contributed by atoms with E-state index in [1.165, 1.54) is 80.0 Å². The van der Waals surface area contributed by atoms with E-state index >= 15 is 0 Å². The summed E-state index contributed by atoms with van der Waals surface area (Å²) in [6, 6.07) is 32.5. The SMILES string of the molecule is CC(C)c1c2cc3ccccc3cc2c(C(C)CCC(C)c2c3ccsc3c(C(C)C)c3ccsc23)c2cc3ccccc3cc12. The normalized spacial score (nSPS) is 13.8. The molecule has 230 valence electrons. The van der Waals surface area contributed by atoms with Gasteiger partial charge in [0.15, 0.2) is 0 Å². The average Bonchev–Trinajstić information content (AvgIpc) is 3.72. The lowest BCUT2D eigenvalue weighted by atomic mass is 9.79. The monoisotopic (exact) mass is 634 g/mol. The van der Waals surface area contributed by atoms with Gasteiger partial charge in [-0.2, -0.15) is 0 Å². The second-order valence-corrected chi connectivity index (χ2v) is 16.0. The second kappa shape index (κ2) is 11.5. The maximum absolute atomic E-state index is 2.50. The molecule has 0 aliphatic carbocycles. The molecule has 0 aliphatic rings. The Balaban J connectivity index is 1.29. The van der Waals surface area contributed by atoms with Gasteiger partial charge in [-0.1, -0.05) is 90.1 Å². The third-order valence-corrected chi connectivity index (χ3v) is 12.4. The van der Waals surface area contributed by atoms with E-state index in [-0.39, 0.29) is 0 Å². The van der Waals surface area contributed by atoms with Crippen LogP contribution in [0.3, 0.4) is 0 Å². The van der Waals surface area contributed by atoms with Gasteiger partial charge >= 0.3 is 0 Å². The standard InChI is InChI=1S/C44H42S2/c1-25(2)39-35-21-29-11-7-9-13-31(29)23-37(35)41(38-24-32-14-10-8-12-30(32)22-36(38)39)27(5)15-16-28(6)42-34-18-20-45-43(34)40(26(3)4)33-17-19-46-44(33)42/h7-14,17-28H,15-16H2,1-6H3. The van der Waals surface area contributed by atoms with E-state index in [1.807, 2.05) is 22.7 Å². The molecule has 46 heavy (non-hydrogen) atoms. The highest BCUT2D eigenvalue weighted by Crippen LogP contribution is 2.47. The molecule has 0 bridgehead atoms. The fraction of sp³-hybridized carbons (Fsp3) is 0.273. The summed E-state index contributed by atoms with van der Waals surface area (Å²) in [4.78, 5) is 0. The number of hydrogen-bond donors (Lipinski definition) is 0.